The highest BCUT2D eigenvalue weighted by Gasteiger charge is 2.35. The summed E-state index contributed by atoms with van der Waals surface area (Å²) in [4.78, 5) is 26.9. The molecular weight excluding hydrogens is 343 g/mol. The van der Waals surface area contributed by atoms with Crippen LogP contribution in [0, 0.1) is 0 Å². The molecule has 22 heavy (non-hydrogen) atoms. The summed E-state index contributed by atoms with van der Waals surface area (Å²) in [6, 6.07) is 2.62. The predicted molar refractivity (Wildman–Crippen MR) is 72.9 cm³/mol. The van der Waals surface area contributed by atoms with E-state index in [1.54, 1.807) is 0 Å². The molecule has 0 fully saturated rings. The minimum Gasteiger partial charge on any atom is -0.289 e. The predicted octanol–water partition coefficient (Wildman–Crippen LogP) is 2.86. The highest BCUT2D eigenvalue weighted by Crippen LogP contribution is 2.39. The fourth-order valence-electron chi connectivity index (χ4n) is 1.68. The van der Waals surface area contributed by atoms with E-state index in [1.807, 2.05) is 0 Å². The van der Waals surface area contributed by atoms with Crippen molar-refractivity contribution in [1.29, 1.82) is 0 Å². The van der Waals surface area contributed by atoms with E-state index in [9.17, 15) is 18.0 Å². The van der Waals surface area contributed by atoms with E-state index < -0.39 is 17.6 Å². The van der Waals surface area contributed by atoms with Crippen LogP contribution in [0.4, 0.5) is 13.2 Å². The minimum absolute atomic E-state index is 0.0305. The summed E-state index contributed by atoms with van der Waals surface area (Å²) in [5.74, 6) is 0. The fourth-order valence-corrected chi connectivity index (χ4v) is 2.80. The van der Waals surface area contributed by atoms with E-state index in [1.165, 1.54) is 12.1 Å². The summed E-state index contributed by atoms with van der Waals surface area (Å²) >= 11 is 6.56. The zero-order chi connectivity index (χ0) is 15.9. The Balaban J connectivity index is 2.07. The van der Waals surface area contributed by atoms with Gasteiger partial charge in [0.25, 0.3) is 0 Å². The largest absolute Gasteiger partial charge is 0.434 e. The number of nitrogens with zero attached hydrogens (tertiary/aromatic N) is 3. The smallest absolute Gasteiger partial charge is 0.289 e. The van der Waals surface area contributed by atoms with Crippen LogP contribution in [0.5, 0.6) is 0 Å². The van der Waals surface area contributed by atoms with Gasteiger partial charge in [0.15, 0.2) is 22.1 Å². The van der Waals surface area contributed by atoms with Crippen LogP contribution in [-0.4, -0.2) is 24.9 Å². The molecule has 0 aliphatic carbocycles. The summed E-state index contributed by atoms with van der Waals surface area (Å²) in [6.07, 6.45) is -3.55. The van der Waals surface area contributed by atoms with E-state index in [4.69, 9.17) is 11.6 Å². The number of alkyl halides is 3. The number of halogens is 4. The van der Waals surface area contributed by atoms with E-state index in [-0.39, 0.29) is 26.4 Å². The Bertz CT molecular complexity index is 907. The van der Waals surface area contributed by atoms with Crippen LogP contribution in [0.2, 0.25) is 5.15 Å². The third-order valence-corrected chi connectivity index (χ3v) is 3.94. The third kappa shape index (κ3) is 2.79. The number of pyridine rings is 1. The monoisotopic (exact) mass is 347 g/mol. The van der Waals surface area contributed by atoms with Gasteiger partial charge >= 0.3 is 11.9 Å². The number of nitrogens with one attached hydrogen (secondary N) is 2. The second-order valence-corrected chi connectivity index (χ2v) is 5.43. The Labute approximate surface area is 129 Å². The summed E-state index contributed by atoms with van der Waals surface area (Å²) in [6.45, 7) is 0. The van der Waals surface area contributed by atoms with Crippen molar-refractivity contribution in [3.8, 4) is 0 Å². The summed E-state index contributed by atoms with van der Waals surface area (Å²) < 4.78 is 38.7. The molecule has 0 bridgehead atoms. The summed E-state index contributed by atoms with van der Waals surface area (Å²) in [5.41, 5.74) is -1.35. The van der Waals surface area contributed by atoms with Crippen LogP contribution in [0.25, 0.3) is 11.3 Å². The molecule has 0 aliphatic heterocycles. The van der Waals surface area contributed by atoms with Crippen LogP contribution in [0.15, 0.2) is 33.0 Å². The van der Waals surface area contributed by atoms with Crippen molar-refractivity contribution in [1.82, 2.24) is 24.9 Å². The molecule has 11 heteroatoms. The molecule has 0 saturated heterocycles. The Morgan fingerprint density at radius 3 is 2.55 bits per heavy atom. The highest BCUT2D eigenvalue weighted by atomic mass is 35.5. The first kappa shape index (κ1) is 14.9. The SMILES string of the molecule is O=c1[nH]c2nc(Cl)c(Sc3cccnc3C(F)(F)F)nc2[nH]1. The second kappa shape index (κ2) is 5.29. The summed E-state index contributed by atoms with van der Waals surface area (Å²) in [7, 11) is 0. The summed E-state index contributed by atoms with van der Waals surface area (Å²) in [5, 5.41) is -0.0901. The number of hydrogen-bond acceptors (Lipinski definition) is 5. The average Bonchev–Trinajstić information content (AvgIpc) is 2.78. The first-order valence-corrected chi connectivity index (χ1v) is 6.89. The lowest BCUT2D eigenvalue weighted by atomic mass is 10.3. The van der Waals surface area contributed by atoms with E-state index in [0.29, 0.717) is 11.8 Å². The molecule has 0 saturated carbocycles. The quantitative estimate of drug-likeness (QED) is 0.744. The van der Waals surface area contributed by atoms with Gasteiger partial charge in [-0.2, -0.15) is 13.2 Å². The Hall–Kier alpha value is -2.07. The van der Waals surface area contributed by atoms with Crippen LogP contribution in [0.3, 0.4) is 0 Å². The molecule has 0 unspecified atom stereocenters. The lowest BCUT2D eigenvalue weighted by Gasteiger charge is -2.10. The topological polar surface area (TPSA) is 87.3 Å². The van der Waals surface area contributed by atoms with E-state index in [2.05, 4.69) is 24.9 Å². The van der Waals surface area contributed by atoms with Crippen LogP contribution < -0.4 is 5.69 Å². The molecule has 6 nitrogen and oxygen atoms in total. The Morgan fingerprint density at radius 1 is 1.18 bits per heavy atom. The van der Waals surface area contributed by atoms with E-state index in [0.717, 1.165) is 6.20 Å². The number of H-pyrrole nitrogens is 2. The molecule has 3 aromatic heterocycles. The van der Waals surface area contributed by atoms with Gasteiger partial charge in [0, 0.05) is 11.1 Å². The van der Waals surface area contributed by atoms with Gasteiger partial charge in [0.1, 0.15) is 5.03 Å². The lowest BCUT2D eigenvalue weighted by Crippen LogP contribution is -2.09. The molecule has 3 rings (SSSR count). The highest BCUT2D eigenvalue weighted by molar-refractivity contribution is 7.99. The molecule has 0 aromatic carbocycles. The van der Waals surface area contributed by atoms with Gasteiger partial charge in [-0.3, -0.25) is 15.0 Å². The van der Waals surface area contributed by atoms with Crippen molar-refractivity contribution in [2.75, 3.05) is 0 Å². The number of rotatable bonds is 2. The zero-order valence-electron chi connectivity index (χ0n) is 10.4. The maximum absolute atomic E-state index is 12.9. The molecule has 0 spiro atoms. The van der Waals surface area contributed by atoms with Crippen molar-refractivity contribution in [2.45, 2.75) is 16.1 Å². The first-order valence-electron chi connectivity index (χ1n) is 5.70. The van der Waals surface area contributed by atoms with Crippen molar-refractivity contribution in [2.24, 2.45) is 0 Å². The molecule has 0 atom stereocenters. The number of aromatic nitrogens is 5. The van der Waals surface area contributed by atoms with Gasteiger partial charge in [-0.25, -0.2) is 14.8 Å². The second-order valence-electron chi connectivity index (χ2n) is 4.05. The van der Waals surface area contributed by atoms with Gasteiger partial charge in [0.05, 0.1) is 0 Å². The van der Waals surface area contributed by atoms with Gasteiger partial charge in [0.2, 0.25) is 0 Å². The van der Waals surface area contributed by atoms with Crippen molar-refractivity contribution in [3.05, 3.63) is 39.7 Å². The van der Waals surface area contributed by atoms with Crippen LogP contribution in [0.1, 0.15) is 5.69 Å². The minimum atomic E-state index is -4.60. The molecular formula is C11H5ClF3N5OS. The van der Waals surface area contributed by atoms with Gasteiger partial charge < -0.3 is 0 Å². The van der Waals surface area contributed by atoms with Gasteiger partial charge in [-0.1, -0.05) is 23.4 Å². The lowest BCUT2D eigenvalue weighted by molar-refractivity contribution is -0.143. The number of aromatic amines is 2. The van der Waals surface area contributed by atoms with Gasteiger partial charge in [-0.15, -0.1) is 0 Å². The maximum Gasteiger partial charge on any atom is 0.434 e. The van der Waals surface area contributed by atoms with Crippen LogP contribution >= 0.6 is 23.4 Å². The standard InChI is InChI=1S/C11H5ClF3N5OS/c12-6-9(18-8-7(17-6)19-10(21)20-8)22-4-2-1-3-16-5(4)11(13,14)15/h1-3H,(H2,17,18,19,20,21). The third-order valence-electron chi connectivity index (χ3n) is 2.53. The number of imidazole rings is 1. The molecule has 0 aliphatic rings. The fraction of sp³-hybridized carbons (Fsp3) is 0.0909. The Kier molecular flexibility index (Phi) is 3.57. The first-order chi connectivity index (χ1) is 10.3. The molecule has 2 N–H and O–H groups in total. The molecule has 0 radical (unpaired) electrons. The normalized spacial score (nSPS) is 12.0. The van der Waals surface area contributed by atoms with Crippen LogP contribution in [-0.2, 0) is 6.18 Å². The van der Waals surface area contributed by atoms with Crippen molar-refractivity contribution in [3.63, 3.8) is 0 Å². The van der Waals surface area contributed by atoms with Crippen molar-refractivity contribution >= 4 is 34.7 Å². The average molecular weight is 348 g/mol. The molecule has 3 aromatic rings. The zero-order valence-corrected chi connectivity index (χ0v) is 12.0. The van der Waals surface area contributed by atoms with E-state index >= 15 is 0 Å². The molecule has 3 heterocycles. The maximum atomic E-state index is 12.9. The molecule has 0 amide bonds. The number of hydrogen-bond donors (Lipinski definition) is 2. The Morgan fingerprint density at radius 2 is 1.86 bits per heavy atom. The van der Waals surface area contributed by atoms with Gasteiger partial charge in [-0.05, 0) is 12.1 Å². The molecule has 114 valence electrons. The van der Waals surface area contributed by atoms with Crippen molar-refractivity contribution < 1.29 is 13.2 Å². The number of fused-ring (bicyclic) bond motifs is 1.